The molecule has 0 aromatic carbocycles. The Hall–Kier alpha value is -1.01. The van der Waals surface area contributed by atoms with Gasteiger partial charge in [0, 0.05) is 18.9 Å². The van der Waals surface area contributed by atoms with Crippen LogP contribution < -0.4 is 5.32 Å². The first kappa shape index (κ1) is 17.0. The van der Waals surface area contributed by atoms with E-state index in [1.807, 2.05) is 26.0 Å². The molecule has 0 bridgehead atoms. The summed E-state index contributed by atoms with van der Waals surface area (Å²) in [6.07, 6.45) is 4.25. The van der Waals surface area contributed by atoms with Crippen molar-refractivity contribution in [3.63, 3.8) is 0 Å². The van der Waals surface area contributed by atoms with E-state index in [4.69, 9.17) is 9.47 Å². The average Bonchev–Trinajstić information content (AvgIpc) is 2.44. The number of nitrogens with one attached hydrogen (secondary N) is 1. The van der Waals surface area contributed by atoms with Crippen molar-refractivity contribution < 1.29 is 14.6 Å². The molecular formula is C15H26N2O3. The number of nitrogens with zero attached hydrogens (tertiary/aromatic N) is 1. The summed E-state index contributed by atoms with van der Waals surface area (Å²) < 4.78 is 10.7. The van der Waals surface area contributed by atoms with Crippen molar-refractivity contribution in [1.29, 1.82) is 0 Å². The smallest absolute Gasteiger partial charge is 0.0897 e. The first-order chi connectivity index (χ1) is 9.68. The summed E-state index contributed by atoms with van der Waals surface area (Å²) in [6.45, 7) is 6.77. The minimum atomic E-state index is -0.480. The Morgan fingerprint density at radius 1 is 1.25 bits per heavy atom. The van der Waals surface area contributed by atoms with E-state index in [-0.39, 0.29) is 6.10 Å². The minimum Gasteiger partial charge on any atom is -0.389 e. The quantitative estimate of drug-likeness (QED) is 0.593. The summed E-state index contributed by atoms with van der Waals surface area (Å²) in [5.41, 5.74) is 1.24. The Balaban J connectivity index is 1.93. The predicted octanol–water partition coefficient (Wildman–Crippen LogP) is 1.02. The Labute approximate surface area is 121 Å². The third kappa shape index (κ3) is 8.98. The summed E-state index contributed by atoms with van der Waals surface area (Å²) in [5, 5.41) is 12.9. The molecule has 0 radical (unpaired) electrons. The Morgan fingerprint density at radius 3 is 2.70 bits per heavy atom. The third-order valence-corrected chi connectivity index (χ3v) is 2.71. The van der Waals surface area contributed by atoms with Gasteiger partial charge in [0.1, 0.15) is 0 Å². The summed E-state index contributed by atoms with van der Waals surface area (Å²) in [7, 11) is 0. The standard InChI is InChI=1S/C15H26N2O3/c1-13(2)20-10-9-19-12-15(18)11-17-8-5-14-3-6-16-7-4-14/h3-4,6-7,13,15,17-18H,5,8-12H2,1-2H3. The zero-order chi connectivity index (χ0) is 14.6. The van der Waals surface area contributed by atoms with Gasteiger partial charge >= 0.3 is 0 Å². The molecule has 114 valence electrons. The average molecular weight is 282 g/mol. The molecule has 1 unspecified atom stereocenters. The molecule has 0 amide bonds. The molecule has 1 aromatic rings. The second-order valence-electron chi connectivity index (χ2n) is 4.96. The van der Waals surface area contributed by atoms with Crippen LogP contribution in [0.2, 0.25) is 0 Å². The number of aliphatic hydroxyl groups excluding tert-OH is 1. The van der Waals surface area contributed by atoms with Crippen molar-refractivity contribution in [2.75, 3.05) is 32.9 Å². The van der Waals surface area contributed by atoms with Gasteiger partial charge in [0.05, 0.1) is 32.0 Å². The fraction of sp³-hybridized carbons (Fsp3) is 0.667. The zero-order valence-electron chi connectivity index (χ0n) is 12.4. The van der Waals surface area contributed by atoms with E-state index in [2.05, 4.69) is 10.3 Å². The predicted molar refractivity (Wildman–Crippen MR) is 78.7 cm³/mol. The summed E-state index contributed by atoms with van der Waals surface area (Å²) in [4.78, 5) is 3.97. The largest absolute Gasteiger partial charge is 0.389 e. The van der Waals surface area contributed by atoms with E-state index in [0.29, 0.717) is 26.4 Å². The molecule has 20 heavy (non-hydrogen) atoms. The molecule has 1 heterocycles. The minimum absolute atomic E-state index is 0.221. The van der Waals surface area contributed by atoms with Crippen LogP contribution in [0.4, 0.5) is 0 Å². The molecule has 5 nitrogen and oxygen atoms in total. The van der Waals surface area contributed by atoms with Gasteiger partial charge in [-0.25, -0.2) is 0 Å². The molecule has 0 spiro atoms. The van der Waals surface area contributed by atoms with Crippen LogP contribution in [0.25, 0.3) is 0 Å². The Morgan fingerprint density at radius 2 is 2.00 bits per heavy atom. The fourth-order valence-corrected chi connectivity index (χ4v) is 1.67. The summed E-state index contributed by atoms with van der Waals surface area (Å²) >= 11 is 0. The number of hydrogen-bond acceptors (Lipinski definition) is 5. The molecule has 0 fully saturated rings. The Kier molecular flexibility index (Phi) is 9.15. The highest BCUT2D eigenvalue weighted by atomic mass is 16.5. The van der Waals surface area contributed by atoms with Crippen molar-refractivity contribution in [2.24, 2.45) is 0 Å². The van der Waals surface area contributed by atoms with Crippen LogP contribution in [-0.4, -0.2) is 55.2 Å². The molecule has 0 aliphatic heterocycles. The van der Waals surface area contributed by atoms with Gasteiger partial charge in [0.15, 0.2) is 0 Å². The molecule has 1 rings (SSSR count). The van der Waals surface area contributed by atoms with Gasteiger partial charge in [-0.2, -0.15) is 0 Å². The van der Waals surface area contributed by atoms with Gasteiger partial charge in [-0.3, -0.25) is 4.98 Å². The van der Waals surface area contributed by atoms with E-state index < -0.39 is 6.10 Å². The van der Waals surface area contributed by atoms with Crippen LogP contribution in [0.1, 0.15) is 19.4 Å². The van der Waals surface area contributed by atoms with Crippen LogP contribution in [0.15, 0.2) is 24.5 Å². The van der Waals surface area contributed by atoms with Crippen LogP contribution in [0.3, 0.4) is 0 Å². The summed E-state index contributed by atoms with van der Waals surface area (Å²) in [6, 6.07) is 3.99. The second kappa shape index (κ2) is 10.7. The molecule has 1 aromatic heterocycles. The van der Waals surface area contributed by atoms with Crippen LogP contribution >= 0.6 is 0 Å². The first-order valence-corrected chi connectivity index (χ1v) is 7.15. The van der Waals surface area contributed by atoms with E-state index in [0.717, 1.165) is 13.0 Å². The van der Waals surface area contributed by atoms with E-state index in [1.165, 1.54) is 5.56 Å². The van der Waals surface area contributed by atoms with Crippen molar-refractivity contribution in [3.8, 4) is 0 Å². The van der Waals surface area contributed by atoms with Gasteiger partial charge in [-0.1, -0.05) is 0 Å². The van der Waals surface area contributed by atoms with Gasteiger partial charge in [0.25, 0.3) is 0 Å². The topological polar surface area (TPSA) is 63.6 Å². The fourth-order valence-electron chi connectivity index (χ4n) is 1.67. The highest BCUT2D eigenvalue weighted by Crippen LogP contribution is 1.96. The van der Waals surface area contributed by atoms with Crippen LogP contribution in [0.5, 0.6) is 0 Å². The van der Waals surface area contributed by atoms with Crippen molar-refractivity contribution in [3.05, 3.63) is 30.1 Å². The lowest BCUT2D eigenvalue weighted by Gasteiger charge is -2.13. The molecule has 0 saturated carbocycles. The lowest BCUT2D eigenvalue weighted by atomic mass is 10.2. The van der Waals surface area contributed by atoms with Crippen molar-refractivity contribution in [1.82, 2.24) is 10.3 Å². The van der Waals surface area contributed by atoms with Crippen molar-refractivity contribution in [2.45, 2.75) is 32.5 Å². The van der Waals surface area contributed by atoms with E-state index in [9.17, 15) is 5.11 Å². The van der Waals surface area contributed by atoms with Crippen molar-refractivity contribution >= 4 is 0 Å². The lowest BCUT2D eigenvalue weighted by molar-refractivity contribution is -0.00989. The van der Waals surface area contributed by atoms with Crippen LogP contribution in [0, 0.1) is 0 Å². The third-order valence-electron chi connectivity index (χ3n) is 2.71. The monoisotopic (exact) mass is 282 g/mol. The molecule has 5 heteroatoms. The van der Waals surface area contributed by atoms with Gasteiger partial charge < -0.3 is 19.9 Å². The Bertz CT molecular complexity index is 333. The maximum atomic E-state index is 9.72. The molecule has 0 aliphatic carbocycles. The molecule has 0 aliphatic rings. The normalized spacial score (nSPS) is 12.8. The molecule has 1 atom stereocenters. The number of rotatable bonds is 11. The summed E-state index contributed by atoms with van der Waals surface area (Å²) in [5.74, 6) is 0. The first-order valence-electron chi connectivity index (χ1n) is 7.15. The van der Waals surface area contributed by atoms with Gasteiger partial charge in [-0.05, 0) is 44.5 Å². The van der Waals surface area contributed by atoms with E-state index >= 15 is 0 Å². The lowest BCUT2D eigenvalue weighted by Crippen LogP contribution is -2.32. The molecule has 0 saturated heterocycles. The maximum absolute atomic E-state index is 9.72. The highest BCUT2D eigenvalue weighted by molar-refractivity contribution is 5.09. The number of hydrogen-bond donors (Lipinski definition) is 2. The number of aliphatic hydroxyl groups is 1. The van der Waals surface area contributed by atoms with Gasteiger partial charge in [-0.15, -0.1) is 0 Å². The highest BCUT2D eigenvalue weighted by Gasteiger charge is 2.03. The number of ether oxygens (including phenoxy) is 2. The van der Waals surface area contributed by atoms with Crippen LogP contribution in [-0.2, 0) is 15.9 Å². The zero-order valence-corrected chi connectivity index (χ0v) is 12.4. The van der Waals surface area contributed by atoms with Gasteiger partial charge in [0.2, 0.25) is 0 Å². The maximum Gasteiger partial charge on any atom is 0.0897 e. The second-order valence-corrected chi connectivity index (χ2v) is 4.96. The SMILES string of the molecule is CC(C)OCCOCC(O)CNCCc1ccncc1. The molecule has 2 N–H and O–H groups in total. The van der Waals surface area contributed by atoms with E-state index in [1.54, 1.807) is 12.4 Å². The number of aromatic nitrogens is 1. The molecular weight excluding hydrogens is 256 g/mol. The number of pyridine rings is 1.